The third-order valence-electron chi connectivity index (χ3n) is 3.91. The summed E-state index contributed by atoms with van der Waals surface area (Å²) in [6, 6.07) is 5.84. The number of hydrogen-bond acceptors (Lipinski definition) is 2. The Labute approximate surface area is 119 Å². The highest BCUT2D eigenvalue weighted by Crippen LogP contribution is 2.22. The number of nitrogens with zero attached hydrogens (tertiary/aromatic N) is 1. The maximum absolute atomic E-state index is 12.6. The molecule has 1 aliphatic heterocycles. The SMILES string of the molecule is Cc1c(Cl)cccc1C(=O)N(C)C1CCCNCC1. The summed E-state index contributed by atoms with van der Waals surface area (Å²) in [6.45, 7) is 3.93. The second-order valence-electron chi connectivity index (χ2n) is 5.16. The molecule has 0 spiro atoms. The van der Waals surface area contributed by atoms with Crippen molar-refractivity contribution in [1.29, 1.82) is 0 Å². The van der Waals surface area contributed by atoms with Gasteiger partial charge in [0.1, 0.15) is 0 Å². The lowest BCUT2D eigenvalue weighted by molar-refractivity contribution is 0.0719. The molecule has 1 fully saturated rings. The van der Waals surface area contributed by atoms with Crippen LogP contribution in [0.5, 0.6) is 0 Å². The summed E-state index contributed by atoms with van der Waals surface area (Å²) >= 11 is 6.09. The quantitative estimate of drug-likeness (QED) is 0.903. The molecule has 0 saturated carbocycles. The van der Waals surface area contributed by atoms with Crippen LogP contribution in [0.3, 0.4) is 0 Å². The molecule has 0 bridgehead atoms. The molecular weight excluding hydrogens is 260 g/mol. The molecule has 1 aromatic rings. The molecule has 2 rings (SSSR count). The van der Waals surface area contributed by atoms with Gasteiger partial charge in [-0.3, -0.25) is 4.79 Å². The summed E-state index contributed by atoms with van der Waals surface area (Å²) in [5, 5.41) is 4.03. The minimum Gasteiger partial charge on any atom is -0.339 e. The monoisotopic (exact) mass is 280 g/mol. The zero-order valence-corrected chi connectivity index (χ0v) is 12.3. The molecule has 1 saturated heterocycles. The molecule has 0 aliphatic carbocycles. The normalized spacial score (nSPS) is 19.8. The fourth-order valence-electron chi connectivity index (χ4n) is 2.58. The maximum atomic E-state index is 12.6. The van der Waals surface area contributed by atoms with Gasteiger partial charge in [0.2, 0.25) is 0 Å². The molecule has 4 heteroatoms. The molecule has 19 heavy (non-hydrogen) atoms. The van der Waals surface area contributed by atoms with Crippen LogP contribution >= 0.6 is 11.6 Å². The van der Waals surface area contributed by atoms with Gasteiger partial charge >= 0.3 is 0 Å². The number of nitrogens with one attached hydrogen (secondary N) is 1. The van der Waals surface area contributed by atoms with Crippen molar-refractivity contribution in [2.45, 2.75) is 32.2 Å². The summed E-state index contributed by atoms with van der Waals surface area (Å²) in [5.74, 6) is 0.0758. The summed E-state index contributed by atoms with van der Waals surface area (Å²) < 4.78 is 0. The highest BCUT2D eigenvalue weighted by atomic mass is 35.5. The van der Waals surface area contributed by atoms with Crippen LogP contribution in [0.25, 0.3) is 0 Å². The Morgan fingerprint density at radius 2 is 2.16 bits per heavy atom. The van der Waals surface area contributed by atoms with Gasteiger partial charge in [0.15, 0.2) is 0 Å². The van der Waals surface area contributed by atoms with Crippen molar-refractivity contribution in [3.63, 3.8) is 0 Å². The van der Waals surface area contributed by atoms with E-state index in [1.807, 2.05) is 37.1 Å². The fraction of sp³-hybridized carbons (Fsp3) is 0.533. The number of carbonyl (C=O) groups is 1. The maximum Gasteiger partial charge on any atom is 0.254 e. The highest BCUT2D eigenvalue weighted by Gasteiger charge is 2.23. The topological polar surface area (TPSA) is 32.3 Å². The molecule has 1 unspecified atom stereocenters. The van der Waals surface area contributed by atoms with Gasteiger partial charge in [-0.1, -0.05) is 17.7 Å². The van der Waals surface area contributed by atoms with Crippen LogP contribution in [0.1, 0.15) is 35.2 Å². The average Bonchev–Trinajstić information content (AvgIpc) is 2.69. The Hall–Kier alpha value is -1.06. The zero-order valence-electron chi connectivity index (χ0n) is 11.6. The van der Waals surface area contributed by atoms with Gasteiger partial charge in [0.05, 0.1) is 0 Å². The number of rotatable bonds is 2. The van der Waals surface area contributed by atoms with Gasteiger partial charge in [-0.15, -0.1) is 0 Å². The van der Waals surface area contributed by atoms with Gasteiger partial charge < -0.3 is 10.2 Å². The molecular formula is C15H21ClN2O. The van der Waals surface area contributed by atoms with Crippen molar-refractivity contribution in [2.75, 3.05) is 20.1 Å². The summed E-state index contributed by atoms with van der Waals surface area (Å²) in [4.78, 5) is 14.5. The Balaban J connectivity index is 2.15. The predicted octanol–water partition coefficient (Wildman–Crippen LogP) is 2.86. The van der Waals surface area contributed by atoms with Crippen LogP contribution in [0.15, 0.2) is 18.2 Å². The molecule has 1 N–H and O–H groups in total. The van der Waals surface area contributed by atoms with Crippen molar-refractivity contribution < 1.29 is 4.79 Å². The van der Waals surface area contributed by atoms with E-state index in [2.05, 4.69) is 5.32 Å². The number of carbonyl (C=O) groups excluding carboxylic acids is 1. The summed E-state index contributed by atoms with van der Waals surface area (Å²) in [5.41, 5.74) is 1.58. The third-order valence-corrected chi connectivity index (χ3v) is 4.32. The van der Waals surface area contributed by atoms with Gasteiger partial charge in [-0.25, -0.2) is 0 Å². The smallest absolute Gasteiger partial charge is 0.254 e. The van der Waals surface area contributed by atoms with Gasteiger partial charge in [0, 0.05) is 23.7 Å². The molecule has 1 aliphatic rings. The zero-order chi connectivity index (χ0) is 13.8. The molecule has 104 valence electrons. The summed E-state index contributed by atoms with van der Waals surface area (Å²) in [6.07, 6.45) is 3.20. The van der Waals surface area contributed by atoms with E-state index in [0.717, 1.165) is 37.9 Å². The van der Waals surface area contributed by atoms with Crippen molar-refractivity contribution in [3.8, 4) is 0 Å². The second-order valence-corrected chi connectivity index (χ2v) is 5.57. The van der Waals surface area contributed by atoms with Crippen molar-refractivity contribution in [2.24, 2.45) is 0 Å². The lowest BCUT2D eigenvalue weighted by Gasteiger charge is -2.27. The Kier molecular flexibility index (Phi) is 4.83. The molecule has 1 heterocycles. The first kappa shape index (κ1) is 14.4. The first-order valence-electron chi connectivity index (χ1n) is 6.84. The molecule has 1 atom stereocenters. The molecule has 3 nitrogen and oxygen atoms in total. The number of hydrogen-bond donors (Lipinski definition) is 1. The van der Waals surface area contributed by atoms with Crippen LogP contribution in [0.2, 0.25) is 5.02 Å². The van der Waals surface area contributed by atoms with Gasteiger partial charge in [-0.2, -0.15) is 0 Å². The Morgan fingerprint density at radius 3 is 2.95 bits per heavy atom. The number of amides is 1. The highest BCUT2D eigenvalue weighted by molar-refractivity contribution is 6.31. The number of halogens is 1. The lowest BCUT2D eigenvalue weighted by atomic mass is 10.0. The third kappa shape index (κ3) is 3.28. The summed E-state index contributed by atoms with van der Waals surface area (Å²) in [7, 11) is 1.90. The Morgan fingerprint density at radius 1 is 1.37 bits per heavy atom. The lowest BCUT2D eigenvalue weighted by Crippen LogP contribution is -2.37. The molecule has 0 aromatic heterocycles. The van der Waals surface area contributed by atoms with Crippen LogP contribution in [-0.4, -0.2) is 37.0 Å². The van der Waals surface area contributed by atoms with Crippen molar-refractivity contribution in [1.82, 2.24) is 10.2 Å². The predicted molar refractivity (Wildman–Crippen MR) is 78.8 cm³/mol. The van der Waals surface area contributed by atoms with Crippen molar-refractivity contribution >= 4 is 17.5 Å². The largest absolute Gasteiger partial charge is 0.339 e. The van der Waals surface area contributed by atoms with Crippen LogP contribution in [-0.2, 0) is 0 Å². The minimum atomic E-state index is 0.0758. The van der Waals surface area contributed by atoms with Gasteiger partial charge in [-0.05, 0) is 57.0 Å². The van der Waals surface area contributed by atoms with Crippen LogP contribution < -0.4 is 5.32 Å². The van der Waals surface area contributed by atoms with Gasteiger partial charge in [0.25, 0.3) is 5.91 Å². The van der Waals surface area contributed by atoms with E-state index in [0.29, 0.717) is 16.6 Å². The van der Waals surface area contributed by atoms with Crippen LogP contribution in [0, 0.1) is 6.92 Å². The number of benzene rings is 1. The minimum absolute atomic E-state index is 0.0758. The standard InChI is InChI=1S/C15H21ClN2O/c1-11-13(6-3-7-14(11)16)15(19)18(2)12-5-4-9-17-10-8-12/h3,6-7,12,17H,4-5,8-10H2,1-2H3. The fourth-order valence-corrected chi connectivity index (χ4v) is 2.76. The molecule has 1 aromatic carbocycles. The first-order valence-corrected chi connectivity index (χ1v) is 7.22. The molecule has 0 radical (unpaired) electrons. The molecule has 1 amide bonds. The van der Waals surface area contributed by atoms with E-state index in [1.165, 1.54) is 0 Å². The van der Waals surface area contributed by atoms with E-state index in [4.69, 9.17) is 11.6 Å². The average molecular weight is 281 g/mol. The van der Waals surface area contributed by atoms with Crippen LogP contribution in [0.4, 0.5) is 0 Å². The van der Waals surface area contributed by atoms with E-state index in [9.17, 15) is 4.79 Å². The first-order chi connectivity index (χ1) is 9.11. The van der Waals surface area contributed by atoms with E-state index >= 15 is 0 Å². The van der Waals surface area contributed by atoms with E-state index < -0.39 is 0 Å². The second kappa shape index (κ2) is 6.40. The van der Waals surface area contributed by atoms with E-state index in [-0.39, 0.29) is 5.91 Å². The Bertz CT molecular complexity index is 453. The van der Waals surface area contributed by atoms with E-state index in [1.54, 1.807) is 0 Å². The van der Waals surface area contributed by atoms with Crippen molar-refractivity contribution in [3.05, 3.63) is 34.3 Å².